The van der Waals surface area contributed by atoms with Gasteiger partial charge in [0, 0.05) is 57.9 Å². The zero-order chi connectivity index (χ0) is 18.6. The first-order valence-electron chi connectivity index (χ1n) is 9.13. The predicted octanol–water partition coefficient (Wildman–Crippen LogP) is 0.651. The summed E-state index contributed by atoms with van der Waals surface area (Å²) < 4.78 is 5.08. The molecule has 0 bridgehead atoms. The van der Waals surface area contributed by atoms with Gasteiger partial charge in [0.15, 0.2) is 0 Å². The van der Waals surface area contributed by atoms with Gasteiger partial charge in [-0.05, 0) is 25.7 Å². The highest BCUT2D eigenvalue weighted by molar-refractivity contribution is 5.93. The van der Waals surface area contributed by atoms with Gasteiger partial charge in [0.25, 0.3) is 11.5 Å². The molecular weight excluding hydrogens is 336 g/mol. The van der Waals surface area contributed by atoms with Gasteiger partial charge in [0.2, 0.25) is 5.91 Å². The second kappa shape index (κ2) is 7.99. The molecule has 1 aromatic heterocycles. The number of ether oxygens (including phenoxy) is 1. The highest BCUT2D eigenvalue weighted by atomic mass is 16.5. The van der Waals surface area contributed by atoms with Crippen molar-refractivity contribution in [3.63, 3.8) is 0 Å². The molecule has 2 saturated heterocycles. The largest absolute Gasteiger partial charge is 0.385 e. The van der Waals surface area contributed by atoms with Crippen molar-refractivity contribution in [2.75, 3.05) is 39.9 Å². The van der Waals surface area contributed by atoms with E-state index in [2.05, 4.69) is 9.97 Å². The summed E-state index contributed by atoms with van der Waals surface area (Å²) in [7, 11) is 1.66. The number of methoxy groups -OCH3 is 1. The minimum atomic E-state index is -0.412. The number of nitrogens with one attached hydrogen (secondary N) is 1. The summed E-state index contributed by atoms with van der Waals surface area (Å²) in [5.41, 5.74) is -0.415. The molecule has 0 saturated carbocycles. The van der Waals surface area contributed by atoms with Crippen molar-refractivity contribution in [2.45, 2.75) is 32.1 Å². The van der Waals surface area contributed by atoms with Crippen molar-refractivity contribution in [1.82, 2.24) is 19.8 Å². The Balaban J connectivity index is 1.70. The van der Waals surface area contributed by atoms with E-state index in [1.807, 2.05) is 4.90 Å². The molecule has 2 aliphatic rings. The van der Waals surface area contributed by atoms with Crippen LogP contribution in [0.1, 0.15) is 42.5 Å². The van der Waals surface area contributed by atoms with Gasteiger partial charge in [0.05, 0.1) is 6.33 Å². The number of piperidine rings is 2. The molecule has 0 aromatic carbocycles. The Labute approximate surface area is 152 Å². The Morgan fingerprint density at radius 2 is 2.19 bits per heavy atom. The second-order valence-electron chi connectivity index (χ2n) is 7.29. The van der Waals surface area contributed by atoms with Gasteiger partial charge in [-0.1, -0.05) is 0 Å². The van der Waals surface area contributed by atoms with E-state index in [0.29, 0.717) is 39.2 Å². The van der Waals surface area contributed by atoms with Gasteiger partial charge < -0.3 is 19.5 Å². The predicted molar refractivity (Wildman–Crippen MR) is 94.7 cm³/mol. The third kappa shape index (κ3) is 3.95. The fourth-order valence-electron chi connectivity index (χ4n) is 4.09. The summed E-state index contributed by atoms with van der Waals surface area (Å²) in [4.78, 5) is 46.9. The first-order chi connectivity index (χ1) is 12.5. The average Bonchev–Trinajstić information content (AvgIpc) is 2.65. The molecule has 1 aromatic rings. The molecule has 3 rings (SSSR count). The van der Waals surface area contributed by atoms with Crippen LogP contribution in [-0.2, 0) is 9.53 Å². The molecule has 26 heavy (non-hydrogen) atoms. The van der Waals surface area contributed by atoms with Crippen LogP contribution in [0.15, 0.2) is 17.3 Å². The minimum Gasteiger partial charge on any atom is -0.385 e. The Morgan fingerprint density at radius 1 is 1.35 bits per heavy atom. The smallest absolute Gasteiger partial charge is 0.263 e. The van der Waals surface area contributed by atoms with Gasteiger partial charge >= 0.3 is 0 Å². The fraction of sp³-hybridized carbons (Fsp3) is 0.667. The van der Waals surface area contributed by atoms with Crippen molar-refractivity contribution in [3.8, 4) is 0 Å². The number of aromatic nitrogens is 2. The normalized spacial score (nSPS) is 23.5. The van der Waals surface area contributed by atoms with Crippen molar-refractivity contribution in [2.24, 2.45) is 5.41 Å². The summed E-state index contributed by atoms with van der Waals surface area (Å²) in [5, 5.41) is 0. The van der Waals surface area contributed by atoms with Crippen LogP contribution in [0.2, 0.25) is 0 Å². The summed E-state index contributed by atoms with van der Waals surface area (Å²) in [5.74, 6) is -0.0971. The van der Waals surface area contributed by atoms with E-state index in [4.69, 9.17) is 4.74 Å². The van der Waals surface area contributed by atoms with E-state index in [-0.39, 0.29) is 22.8 Å². The second-order valence-corrected chi connectivity index (χ2v) is 7.29. The maximum absolute atomic E-state index is 12.8. The zero-order valence-electron chi connectivity index (χ0n) is 15.2. The summed E-state index contributed by atoms with van der Waals surface area (Å²) in [6.45, 7) is 3.19. The zero-order valence-corrected chi connectivity index (χ0v) is 15.2. The van der Waals surface area contributed by atoms with E-state index in [9.17, 15) is 14.4 Å². The van der Waals surface area contributed by atoms with Crippen molar-refractivity contribution >= 4 is 11.8 Å². The lowest BCUT2D eigenvalue weighted by molar-refractivity contribution is -0.139. The molecule has 2 amide bonds. The lowest BCUT2D eigenvalue weighted by Crippen LogP contribution is -2.55. The molecule has 2 aliphatic heterocycles. The van der Waals surface area contributed by atoms with Crippen molar-refractivity contribution < 1.29 is 14.3 Å². The maximum atomic E-state index is 12.8. The number of hydrogen-bond donors (Lipinski definition) is 1. The molecule has 8 nitrogen and oxygen atoms in total. The lowest BCUT2D eigenvalue weighted by Gasteiger charge is -2.48. The third-order valence-electron chi connectivity index (χ3n) is 5.42. The first-order valence-corrected chi connectivity index (χ1v) is 9.13. The topological polar surface area (TPSA) is 95.6 Å². The van der Waals surface area contributed by atoms with E-state index >= 15 is 0 Å². The van der Waals surface area contributed by atoms with Crippen LogP contribution >= 0.6 is 0 Å². The molecular formula is C18H26N4O4. The minimum absolute atomic E-state index is 0.0772. The molecule has 0 aliphatic carbocycles. The van der Waals surface area contributed by atoms with Gasteiger partial charge in [-0.15, -0.1) is 0 Å². The fourth-order valence-corrected chi connectivity index (χ4v) is 4.09. The van der Waals surface area contributed by atoms with Gasteiger partial charge in [-0.25, -0.2) is 4.98 Å². The first kappa shape index (κ1) is 18.6. The number of likely N-dealkylation sites (tertiary alicyclic amines) is 2. The molecule has 0 radical (unpaired) electrons. The number of rotatable bonds is 5. The number of aromatic amines is 1. The molecule has 8 heteroatoms. The number of amides is 2. The molecule has 1 spiro atoms. The Hall–Kier alpha value is -2.22. The summed E-state index contributed by atoms with van der Waals surface area (Å²) in [6.07, 6.45) is 6.60. The van der Waals surface area contributed by atoms with Crippen LogP contribution < -0.4 is 5.56 Å². The van der Waals surface area contributed by atoms with Crippen LogP contribution in [0, 0.1) is 5.41 Å². The standard InChI is InChI=1S/C18H26N4O4/c1-26-9-3-8-21-11-18(6-4-15(21)23)5-2-7-22(12-18)17(25)14-10-19-13-20-16(14)24/h10,13H,2-9,11-12H2,1H3,(H,19,20,24). The van der Waals surface area contributed by atoms with Gasteiger partial charge in [0.1, 0.15) is 5.56 Å². The van der Waals surface area contributed by atoms with Crippen LogP contribution in [0.25, 0.3) is 0 Å². The van der Waals surface area contributed by atoms with E-state index in [1.54, 1.807) is 12.0 Å². The van der Waals surface area contributed by atoms with Crippen LogP contribution in [0.5, 0.6) is 0 Å². The number of hydrogen-bond acceptors (Lipinski definition) is 5. The average molecular weight is 362 g/mol. The monoisotopic (exact) mass is 362 g/mol. The Bertz CT molecular complexity index is 719. The lowest BCUT2D eigenvalue weighted by atomic mass is 9.73. The van der Waals surface area contributed by atoms with Gasteiger partial charge in [-0.3, -0.25) is 14.4 Å². The van der Waals surface area contributed by atoms with E-state index in [1.165, 1.54) is 12.5 Å². The molecule has 1 atom stereocenters. The number of nitrogens with zero attached hydrogens (tertiary/aromatic N) is 3. The van der Waals surface area contributed by atoms with Gasteiger partial charge in [-0.2, -0.15) is 0 Å². The van der Waals surface area contributed by atoms with Crippen LogP contribution in [0.4, 0.5) is 0 Å². The summed E-state index contributed by atoms with van der Waals surface area (Å²) >= 11 is 0. The van der Waals surface area contributed by atoms with E-state index in [0.717, 1.165) is 25.7 Å². The highest BCUT2D eigenvalue weighted by Gasteiger charge is 2.42. The quantitative estimate of drug-likeness (QED) is 0.776. The van der Waals surface area contributed by atoms with Crippen LogP contribution in [-0.4, -0.2) is 71.5 Å². The molecule has 2 fully saturated rings. The third-order valence-corrected chi connectivity index (χ3v) is 5.42. The van der Waals surface area contributed by atoms with Crippen LogP contribution in [0.3, 0.4) is 0 Å². The summed E-state index contributed by atoms with van der Waals surface area (Å²) in [6, 6.07) is 0. The van der Waals surface area contributed by atoms with Crippen molar-refractivity contribution in [1.29, 1.82) is 0 Å². The Morgan fingerprint density at radius 3 is 2.96 bits per heavy atom. The molecule has 3 heterocycles. The number of carbonyl (C=O) groups is 2. The Kier molecular flexibility index (Phi) is 5.70. The van der Waals surface area contributed by atoms with E-state index < -0.39 is 5.56 Å². The van der Waals surface area contributed by atoms with Crippen molar-refractivity contribution in [3.05, 3.63) is 28.4 Å². The number of carbonyl (C=O) groups excluding carboxylic acids is 2. The molecule has 142 valence electrons. The number of H-pyrrole nitrogens is 1. The maximum Gasteiger partial charge on any atom is 0.263 e. The SMILES string of the molecule is COCCCN1CC2(CCCN(C(=O)c3cnc[nH]c3=O)C2)CCC1=O. The molecule has 1 unspecified atom stereocenters. The highest BCUT2D eigenvalue weighted by Crippen LogP contribution is 2.39. The molecule has 1 N–H and O–H groups in total.